The van der Waals surface area contributed by atoms with E-state index in [1.54, 1.807) is 32.0 Å². The second-order valence-electron chi connectivity index (χ2n) is 9.55. The van der Waals surface area contributed by atoms with E-state index in [0.29, 0.717) is 14.8 Å². The van der Waals surface area contributed by atoms with E-state index < -0.39 is 67.7 Å². The summed E-state index contributed by atoms with van der Waals surface area (Å²) in [4.78, 5) is 77.1. The number of carboxylic acid groups (broad SMARTS) is 1. The zero-order valence-corrected chi connectivity index (χ0v) is 22.6. The number of benzene rings is 1. The minimum absolute atomic E-state index is 0.198. The summed E-state index contributed by atoms with van der Waals surface area (Å²) in [6.45, 7) is 2.62. The number of β-lactam (4-membered cyclic amide) rings is 1. The van der Waals surface area contributed by atoms with Crippen molar-refractivity contribution in [3.05, 3.63) is 35.9 Å². The molecule has 15 nitrogen and oxygen atoms in total. The van der Waals surface area contributed by atoms with Crippen LogP contribution >= 0.6 is 11.8 Å². The molecule has 3 saturated heterocycles. The minimum Gasteiger partial charge on any atom is -0.478 e. The molecular weight excluding hydrogens is 556 g/mol. The van der Waals surface area contributed by atoms with E-state index in [4.69, 9.17) is 0 Å². The summed E-state index contributed by atoms with van der Waals surface area (Å²) < 4.78 is 23.0. The van der Waals surface area contributed by atoms with E-state index in [-0.39, 0.29) is 19.5 Å². The van der Waals surface area contributed by atoms with Crippen LogP contribution in [-0.2, 0) is 29.2 Å². The first-order chi connectivity index (χ1) is 18.2. The molecule has 1 unspecified atom stereocenters. The van der Waals surface area contributed by atoms with Crippen molar-refractivity contribution in [2.24, 2.45) is 0 Å². The highest BCUT2D eigenvalue weighted by atomic mass is 32.2. The third-order valence-electron chi connectivity index (χ3n) is 6.85. The molecule has 0 radical (unpaired) electrons. The fourth-order valence-electron chi connectivity index (χ4n) is 4.90. The number of rotatable bonds is 8. The van der Waals surface area contributed by atoms with Crippen LogP contribution in [0.3, 0.4) is 0 Å². The summed E-state index contributed by atoms with van der Waals surface area (Å²) in [5.41, 5.74) is -1.74. The number of fused-ring (bicyclic) bond motifs is 1. The lowest BCUT2D eigenvalue weighted by Gasteiger charge is -2.49. The average Bonchev–Trinajstić information content (AvgIpc) is 3.35. The number of aliphatic carboxylic acids is 1. The first-order valence-corrected chi connectivity index (χ1v) is 14.3. The number of thioether (sulfide) groups is 1. The second kappa shape index (κ2) is 9.71. The zero-order valence-electron chi connectivity index (χ0n) is 21.0. The van der Waals surface area contributed by atoms with Gasteiger partial charge < -0.3 is 21.1 Å². The highest BCUT2D eigenvalue weighted by Crippen LogP contribution is 2.55. The quantitative estimate of drug-likeness (QED) is 0.214. The lowest BCUT2D eigenvalue weighted by molar-refractivity contribution is -0.175. The van der Waals surface area contributed by atoms with Gasteiger partial charge in [-0.1, -0.05) is 30.3 Å². The SMILES string of the molecule is CC1(C)S[C@@H]2[C@@H](NC(=O)C(NC(=O)N3CCN(S(C)(=O)=O)C3=O)c3ccccc3)C(=O)N2[C@@]1(NC=O)C(=O)O. The molecule has 1 aromatic carbocycles. The summed E-state index contributed by atoms with van der Waals surface area (Å²) in [5, 5.41) is 16.3. The number of sulfonamides is 1. The van der Waals surface area contributed by atoms with Gasteiger partial charge in [-0.2, -0.15) is 0 Å². The van der Waals surface area contributed by atoms with Crippen molar-refractivity contribution in [3.8, 4) is 0 Å². The Kier molecular flexibility index (Phi) is 7.01. The Labute approximate surface area is 227 Å². The van der Waals surface area contributed by atoms with Gasteiger partial charge in [-0.25, -0.2) is 32.0 Å². The molecule has 210 valence electrons. The second-order valence-corrected chi connectivity index (χ2v) is 13.2. The maximum absolute atomic E-state index is 13.4. The van der Waals surface area contributed by atoms with E-state index in [0.717, 1.165) is 22.9 Å². The van der Waals surface area contributed by atoms with E-state index in [9.17, 15) is 42.3 Å². The van der Waals surface area contributed by atoms with Crippen LogP contribution in [0.2, 0.25) is 0 Å². The normalized spacial score (nSPS) is 26.4. The summed E-state index contributed by atoms with van der Waals surface area (Å²) in [5.74, 6) is -3.02. The summed E-state index contributed by atoms with van der Waals surface area (Å²) in [6, 6.07) is 3.29. The van der Waals surface area contributed by atoms with E-state index in [2.05, 4.69) is 16.0 Å². The van der Waals surface area contributed by atoms with Crippen molar-refractivity contribution in [3.63, 3.8) is 0 Å². The summed E-state index contributed by atoms with van der Waals surface area (Å²) >= 11 is 1.08. The van der Waals surface area contributed by atoms with E-state index >= 15 is 0 Å². The molecule has 0 spiro atoms. The zero-order chi connectivity index (χ0) is 28.9. The third kappa shape index (κ3) is 4.44. The number of carbonyl (C=O) groups excluding carboxylic acids is 5. The van der Waals surface area contributed by atoms with Gasteiger partial charge in [0.2, 0.25) is 28.0 Å². The number of imide groups is 1. The van der Waals surface area contributed by atoms with Crippen molar-refractivity contribution in [2.45, 2.75) is 41.7 Å². The molecule has 3 aliphatic heterocycles. The topological polar surface area (TPSA) is 203 Å². The van der Waals surface area contributed by atoms with Gasteiger partial charge >= 0.3 is 18.0 Å². The molecule has 0 saturated carbocycles. The predicted octanol–water partition coefficient (Wildman–Crippen LogP) is -1.16. The third-order valence-corrected chi connectivity index (χ3v) is 9.59. The van der Waals surface area contributed by atoms with Crippen molar-refractivity contribution in [1.29, 1.82) is 0 Å². The molecule has 0 aliphatic carbocycles. The fourth-order valence-corrected chi connectivity index (χ4v) is 7.40. The van der Waals surface area contributed by atoms with E-state index in [1.807, 2.05) is 0 Å². The Morgan fingerprint density at radius 3 is 2.33 bits per heavy atom. The fraction of sp³-hybridized carbons (Fsp3) is 0.455. The first kappa shape index (κ1) is 28.2. The molecule has 1 aromatic rings. The van der Waals surface area contributed by atoms with Gasteiger partial charge in [-0.15, -0.1) is 11.8 Å². The lowest BCUT2D eigenvalue weighted by atomic mass is 9.88. The minimum atomic E-state index is -3.90. The number of hydrogen-bond acceptors (Lipinski definition) is 9. The molecule has 3 aliphatic rings. The Bertz CT molecular complexity index is 1350. The number of urea groups is 2. The molecular formula is C22H26N6O9S2. The van der Waals surface area contributed by atoms with Crippen molar-refractivity contribution >= 4 is 58.0 Å². The van der Waals surface area contributed by atoms with Crippen LogP contribution < -0.4 is 16.0 Å². The Morgan fingerprint density at radius 1 is 1.15 bits per heavy atom. The van der Waals surface area contributed by atoms with Gasteiger partial charge in [0.1, 0.15) is 17.5 Å². The van der Waals surface area contributed by atoms with Crippen LogP contribution in [0.4, 0.5) is 9.59 Å². The smallest absolute Gasteiger partial charge is 0.352 e. The van der Waals surface area contributed by atoms with Crippen molar-refractivity contribution in [1.82, 2.24) is 30.1 Å². The van der Waals surface area contributed by atoms with Crippen LogP contribution in [0, 0.1) is 0 Å². The molecule has 0 aromatic heterocycles. The van der Waals surface area contributed by atoms with Crippen LogP contribution in [0.1, 0.15) is 25.5 Å². The highest BCUT2D eigenvalue weighted by molar-refractivity contribution is 8.01. The lowest BCUT2D eigenvalue weighted by Crippen LogP contribution is -2.79. The van der Waals surface area contributed by atoms with Crippen LogP contribution in [0.25, 0.3) is 0 Å². The Morgan fingerprint density at radius 2 is 1.79 bits per heavy atom. The van der Waals surface area contributed by atoms with Gasteiger partial charge in [-0.3, -0.25) is 19.3 Å². The predicted molar refractivity (Wildman–Crippen MR) is 135 cm³/mol. The molecule has 3 heterocycles. The maximum atomic E-state index is 13.4. The number of amides is 7. The molecule has 3 fully saturated rings. The van der Waals surface area contributed by atoms with Gasteiger partial charge in [0.15, 0.2) is 0 Å². The largest absolute Gasteiger partial charge is 0.478 e. The van der Waals surface area contributed by atoms with Crippen LogP contribution in [0.5, 0.6) is 0 Å². The Hall–Kier alpha value is -3.86. The number of hydrogen-bond donors (Lipinski definition) is 4. The number of carbonyl (C=O) groups is 6. The van der Waals surface area contributed by atoms with Crippen LogP contribution in [-0.4, -0.2) is 105 Å². The molecule has 7 amide bonds. The molecule has 4 N–H and O–H groups in total. The monoisotopic (exact) mass is 582 g/mol. The Balaban J connectivity index is 1.55. The first-order valence-electron chi connectivity index (χ1n) is 11.6. The number of nitrogens with zero attached hydrogens (tertiary/aromatic N) is 3. The molecule has 17 heteroatoms. The summed E-state index contributed by atoms with van der Waals surface area (Å²) in [6.07, 6.45) is 1.03. The highest BCUT2D eigenvalue weighted by Gasteiger charge is 2.73. The van der Waals surface area contributed by atoms with Gasteiger partial charge in [0.25, 0.3) is 5.91 Å². The van der Waals surface area contributed by atoms with Gasteiger partial charge in [0.05, 0.1) is 24.1 Å². The van der Waals surface area contributed by atoms with Gasteiger partial charge in [-0.05, 0) is 19.4 Å². The van der Waals surface area contributed by atoms with Crippen LogP contribution in [0.15, 0.2) is 30.3 Å². The number of carboxylic acids is 1. The number of nitrogens with one attached hydrogen (secondary N) is 3. The van der Waals surface area contributed by atoms with Gasteiger partial charge in [0, 0.05) is 0 Å². The molecule has 4 rings (SSSR count). The van der Waals surface area contributed by atoms with Crippen molar-refractivity contribution in [2.75, 3.05) is 19.3 Å². The summed E-state index contributed by atoms with van der Waals surface area (Å²) in [7, 11) is -3.90. The molecule has 0 bridgehead atoms. The van der Waals surface area contributed by atoms with E-state index in [1.165, 1.54) is 12.1 Å². The molecule has 39 heavy (non-hydrogen) atoms. The van der Waals surface area contributed by atoms with Crippen molar-refractivity contribution < 1.29 is 42.3 Å². The average molecular weight is 583 g/mol. The standard InChI is InChI=1S/C22H26N6O9S2/c1-21(2)22(18(32)33,23-11-29)28-16(31)14(17(28)38-21)24-15(30)13(12-7-5-4-6-8-12)25-19(34)26-9-10-27(20(26)35)39(3,36)37/h4-8,11,13-14,17H,9-10H2,1-3H3,(H,23,29)(H,24,30)(H,25,34)(H,32,33)/t13?,14-,17+,22-/m0/s1. The maximum Gasteiger partial charge on any atom is 0.352 e. The molecule has 4 atom stereocenters.